The van der Waals surface area contributed by atoms with E-state index >= 15 is 0 Å². The Kier molecular flexibility index (Phi) is 5.45. The first-order valence-electron chi connectivity index (χ1n) is 8.40. The third kappa shape index (κ3) is 4.24. The SMILES string of the molecule is CC(=O)NC(C(=O)ON1C(=O)c2ccccc2C1=O)c1ccccc1OC(F)(F)F. The van der Waals surface area contributed by atoms with Crippen LogP contribution in [0, 0.1) is 0 Å². The molecule has 156 valence electrons. The van der Waals surface area contributed by atoms with Gasteiger partial charge < -0.3 is 14.9 Å². The zero-order valence-electron chi connectivity index (χ0n) is 15.2. The van der Waals surface area contributed by atoms with Crippen molar-refractivity contribution in [3.8, 4) is 5.75 Å². The summed E-state index contributed by atoms with van der Waals surface area (Å²) < 4.78 is 42.0. The van der Waals surface area contributed by atoms with Gasteiger partial charge in [-0.2, -0.15) is 0 Å². The van der Waals surface area contributed by atoms with Crippen molar-refractivity contribution in [1.29, 1.82) is 0 Å². The highest BCUT2D eigenvalue weighted by Crippen LogP contribution is 2.32. The number of halogens is 3. The second-order valence-electron chi connectivity index (χ2n) is 6.08. The largest absolute Gasteiger partial charge is 0.573 e. The third-order valence-corrected chi connectivity index (χ3v) is 3.98. The predicted molar refractivity (Wildman–Crippen MR) is 92.7 cm³/mol. The minimum atomic E-state index is -5.07. The molecule has 1 unspecified atom stereocenters. The molecule has 0 aliphatic carbocycles. The molecule has 3 amide bonds. The number of hydroxylamine groups is 2. The van der Waals surface area contributed by atoms with Crippen molar-refractivity contribution in [2.45, 2.75) is 19.3 Å². The fraction of sp³-hybridized carbons (Fsp3) is 0.158. The molecule has 0 radical (unpaired) electrons. The van der Waals surface area contributed by atoms with Crippen molar-refractivity contribution >= 4 is 23.7 Å². The topological polar surface area (TPSA) is 102 Å². The molecule has 1 aliphatic rings. The van der Waals surface area contributed by atoms with E-state index in [1.807, 2.05) is 0 Å². The monoisotopic (exact) mass is 422 g/mol. The summed E-state index contributed by atoms with van der Waals surface area (Å²) in [6.45, 7) is 1.02. The number of amides is 3. The van der Waals surface area contributed by atoms with Crippen LogP contribution in [0.2, 0.25) is 0 Å². The van der Waals surface area contributed by atoms with E-state index in [0.717, 1.165) is 19.1 Å². The minimum Gasteiger partial charge on any atom is -0.405 e. The molecule has 30 heavy (non-hydrogen) atoms. The maximum Gasteiger partial charge on any atom is 0.573 e. The number of carbonyl (C=O) groups is 4. The molecule has 1 N–H and O–H groups in total. The Labute approximate surface area is 167 Å². The molecule has 0 bridgehead atoms. The number of benzene rings is 2. The highest BCUT2D eigenvalue weighted by Gasteiger charge is 2.41. The van der Waals surface area contributed by atoms with E-state index in [1.165, 1.54) is 36.4 Å². The number of ether oxygens (including phenoxy) is 1. The van der Waals surface area contributed by atoms with Gasteiger partial charge in [0.25, 0.3) is 11.8 Å². The predicted octanol–water partition coefficient (Wildman–Crippen LogP) is 2.52. The lowest BCUT2D eigenvalue weighted by Crippen LogP contribution is -2.40. The van der Waals surface area contributed by atoms with Gasteiger partial charge in [0.1, 0.15) is 5.75 Å². The Morgan fingerprint density at radius 1 is 0.967 bits per heavy atom. The molecule has 3 rings (SSSR count). The normalized spacial score (nSPS) is 14.2. The number of rotatable bonds is 5. The van der Waals surface area contributed by atoms with Crippen LogP contribution in [0.3, 0.4) is 0 Å². The molecule has 0 fully saturated rings. The highest BCUT2D eigenvalue weighted by atomic mass is 19.4. The smallest absolute Gasteiger partial charge is 0.405 e. The quantitative estimate of drug-likeness (QED) is 0.743. The third-order valence-electron chi connectivity index (χ3n) is 3.98. The summed E-state index contributed by atoms with van der Waals surface area (Å²) in [5, 5.41) is 2.33. The zero-order valence-corrected chi connectivity index (χ0v) is 15.2. The molecule has 0 spiro atoms. The summed E-state index contributed by atoms with van der Waals surface area (Å²) >= 11 is 0. The molecule has 0 saturated carbocycles. The maximum absolute atomic E-state index is 12.7. The van der Waals surface area contributed by atoms with Crippen molar-refractivity contribution in [3.63, 3.8) is 0 Å². The number of hydrogen-bond donors (Lipinski definition) is 1. The van der Waals surface area contributed by atoms with Crippen LogP contribution in [-0.4, -0.2) is 35.1 Å². The van der Waals surface area contributed by atoms with E-state index < -0.39 is 41.8 Å². The molecule has 1 atom stereocenters. The van der Waals surface area contributed by atoms with E-state index in [0.29, 0.717) is 0 Å². The Balaban J connectivity index is 1.91. The molecule has 0 saturated heterocycles. The number of nitrogens with one attached hydrogen (secondary N) is 1. The Bertz CT molecular complexity index is 1000. The molecule has 8 nitrogen and oxygen atoms in total. The second-order valence-corrected chi connectivity index (χ2v) is 6.08. The van der Waals surface area contributed by atoms with Gasteiger partial charge in [-0.1, -0.05) is 35.4 Å². The summed E-state index contributed by atoms with van der Waals surface area (Å²) in [7, 11) is 0. The number of carbonyl (C=O) groups excluding carboxylic acids is 4. The van der Waals surface area contributed by atoms with Crippen LogP contribution < -0.4 is 10.1 Å². The van der Waals surface area contributed by atoms with Gasteiger partial charge in [0.2, 0.25) is 5.91 Å². The van der Waals surface area contributed by atoms with Crippen molar-refractivity contribution in [3.05, 3.63) is 65.2 Å². The van der Waals surface area contributed by atoms with Crippen molar-refractivity contribution in [1.82, 2.24) is 10.4 Å². The van der Waals surface area contributed by atoms with Gasteiger partial charge in [0, 0.05) is 12.5 Å². The second kappa shape index (κ2) is 7.85. The van der Waals surface area contributed by atoms with Gasteiger partial charge in [-0.3, -0.25) is 14.4 Å². The van der Waals surface area contributed by atoms with Crippen LogP contribution in [0.15, 0.2) is 48.5 Å². The van der Waals surface area contributed by atoms with Crippen LogP contribution >= 0.6 is 0 Å². The van der Waals surface area contributed by atoms with Crippen molar-refractivity contribution in [2.24, 2.45) is 0 Å². The Hall–Kier alpha value is -3.89. The molecule has 2 aromatic rings. The zero-order chi connectivity index (χ0) is 22.1. The lowest BCUT2D eigenvalue weighted by molar-refractivity contribution is -0.275. The highest BCUT2D eigenvalue weighted by molar-refractivity contribution is 6.21. The van der Waals surface area contributed by atoms with Crippen molar-refractivity contribution < 1.29 is 41.9 Å². The first-order valence-corrected chi connectivity index (χ1v) is 8.40. The minimum absolute atomic E-state index is 0.00724. The average Bonchev–Trinajstić information content (AvgIpc) is 2.90. The average molecular weight is 422 g/mol. The summed E-state index contributed by atoms with van der Waals surface area (Å²) in [6, 6.07) is 8.49. The lowest BCUT2D eigenvalue weighted by atomic mass is 10.1. The van der Waals surface area contributed by atoms with Crippen molar-refractivity contribution in [2.75, 3.05) is 0 Å². The van der Waals surface area contributed by atoms with E-state index in [9.17, 15) is 32.3 Å². The van der Waals surface area contributed by atoms with Crippen LogP contribution in [0.25, 0.3) is 0 Å². The van der Waals surface area contributed by atoms with Crippen LogP contribution in [0.5, 0.6) is 5.75 Å². The molecule has 11 heteroatoms. The van der Waals surface area contributed by atoms with E-state index in [1.54, 1.807) is 0 Å². The molecular formula is C19H13F3N2O6. The number of alkyl halides is 3. The molecule has 0 aromatic heterocycles. The van der Waals surface area contributed by atoms with Gasteiger partial charge in [-0.25, -0.2) is 4.79 Å². The Morgan fingerprint density at radius 2 is 1.50 bits per heavy atom. The number of nitrogens with zero attached hydrogens (tertiary/aromatic N) is 1. The van der Waals surface area contributed by atoms with Gasteiger partial charge in [-0.05, 0) is 18.2 Å². The van der Waals surface area contributed by atoms with E-state index in [-0.39, 0.29) is 21.8 Å². The number of para-hydroxylation sites is 1. The fourth-order valence-electron chi connectivity index (χ4n) is 2.80. The van der Waals surface area contributed by atoms with E-state index in [2.05, 4.69) is 10.1 Å². The maximum atomic E-state index is 12.7. The molecule has 1 aliphatic heterocycles. The summed E-state index contributed by atoms with van der Waals surface area (Å²) in [4.78, 5) is 53.8. The molecule has 1 heterocycles. The molecule has 2 aromatic carbocycles. The first kappa shape index (κ1) is 20.8. The number of fused-ring (bicyclic) bond motifs is 1. The molecular weight excluding hydrogens is 409 g/mol. The first-order chi connectivity index (χ1) is 14.1. The number of imide groups is 1. The van der Waals surface area contributed by atoms with Gasteiger partial charge in [0.15, 0.2) is 6.04 Å². The fourth-order valence-corrected chi connectivity index (χ4v) is 2.80. The van der Waals surface area contributed by atoms with Gasteiger partial charge in [0.05, 0.1) is 11.1 Å². The van der Waals surface area contributed by atoms with Crippen LogP contribution in [-0.2, 0) is 14.4 Å². The lowest BCUT2D eigenvalue weighted by Gasteiger charge is -2.22. The Morgan fingerprint density at radius 3 is 2.03 bits per heavy atom. The summed E-state index contributed by atoms with van der Waals surface area (Å²) in [5.74, 6) is -4.75. The van der Waals surface area contributed by atoms with Crippen LogP contribution in [0.4, 0.5) is 13.2 Å². The van der Waals surface area contributed by atoms with Gasteiger partial charge in [-0.15, -0.1) is 13.2 Å². The summed E-state index contributed by atoms with van der Waals surface area (Å²) in [6.07, 6.45) is -5.07. The standard InChI is InChI=1S/C19H13F3N2O6/c1-10(25)23-15(13-8-4-5-9-14(13)29-19(20,21)22)18(28)30-24-16(26)11-6-2-3-7-12(11)17(24)27/h2-9,15H,1H3,(H,23,25). The van der Waals surface area contributed by atoms with Crippen LogP contribution in [0.1, 0.15) is 39.2 Å². The van der Waals surface area contributed by atoms with E-state index in [4.69, 9.17) is 4.84 Å². The number of hydrogen-bond acceptors (Lipinski definition) is 6. The van der Waals surface area contributed by atoms with Gasteiger partial charge >= 0.3 is 12.3 Å². The summed E-state index contributed by atoms with van der Waals surface area (Å²) in [5.41, 5.74) is -0.397.